The number of phenols is 1. The molecule has 1 amide bonds. The molecule has 0 heterocycles. The first-order chi connectivity index (χ1) is 11.4. The summed E-state index contributed by atoms with van der Waals surface area (Å²) in [4.78, 5) is 12.4. The SMILES string of the molecule is N=C(Nc1ccc(O)c(F)c1)C1(C(=O)Nc2ccc(F)cc2)CC1. The van der Waals surface area contributed by atoms with E-state index in [0.29, 0.717) is 18.5 Å². The molecule has 0 spiro atoms. The summed E-state index contributed by atoms with van der Waals surface area (Å²) in [5.74, 6) is -2.12. The van der Waals surface area contributed by atoms with Gasteiger partial charge in [-0.2, -0.15) is 0 Å². The minimum atomic E-state index is -0.997. The molecule has 0 aromatic heterocycles. The van der Waals surface area contributed by atoms with Crippen molar-refractivity contribution in [1.82, 2.24) is 0 Å². The van der Waals surface area contributed by atoms with Gasteiger partial charge >= 0.3 is 0 Å². The summed E-state index contributed by atoms with van der Waals surface area (Å²) in [6, 6.07) is 8.99. The number of phenolic OH excluding ortho intramolecular Hbond substituents is 1. The number of amidine groups is 1. The van der Waals surface area contributed by atoms with E-state index in [1.54, 1.807) is 0 Å². The van der Waals surface area contributed by atoms with Crippen molar-refractivity contribution in [3.05, 3.63) is 54.1 Å². The summed E-state index contributed by atoms with van der Waals surface area (Å²) in [5.41, 5.74) is -0.282. The Labute approximate surface area is 136 Å². The van der Waals surface area contributed by atoms with Gasteiger partial charge in [-0.05, 0) is 49.2 Å². The summed E-state index contributed by atoms with van der Waals surface area (Å²) < 4.78 is 26.2. The van der Waals surface area contributed by atoms with Gasteiger partial charge in [0.05, 0.1) is 0 Å². The molecule has 124 valence electrons. The Morgan fingerprint density at radius 2 is 1.67 bits per heavy atom. The predicted octanol–water partition coefficient (Wildman–Crippen LogP) is 3.48. The lowest BCUT2D eigenvalue weighted by Gasteiger charge is -2.18. The zero-order chi connectivity index (χ0) is 17.3. The average Bonchev–Trinajstić information content (AvgIpc) is 3.35. The van der Waals surface area contributed by atoms with Gasteiger partial charge in [0.15, 0.2) is 11.6 Å². The molecule has 1 aliphatic carbocycles. The van der Waals surface area contributed by atoms with Crippen LogP contribution in [0.15, 0.2) is 42.5 Å². The fourth-order valence-corrected chi connectivity index (χ4v) is 2.35. The summed E-state index contributed by atoms with van der Waals surface area (Å²) in [7, 11) is 0. The second-order valence-corrected chi connectivity index (χ2v) is 5.71. The van der Waals surface area contributed by atoms with Gasteiger partial charge in [0.2, 0.25) is 5.91 Å². The van der Waals surface area contributed by atoms with Crippen molar-refractivity contribution in [1.29, 1.82) is 5.41 Å². The maximum absolute atomic E-state index is 13.4. The molecule has 4 N–H and O–H groups in total. The van der Waals surface area contributed by atoms with Crippen molar-refractivity contribution in [3.8, 4) is 5.75 Å². The van der Waals surface area contributed by atoms with Gasteiger partial charge < -0.3 is 15.7 Å². The molecule has 1 saturated carbocycles. The first-order valence-corrected chi connectivity index (χ1v) is 7.32. The third-order valence-electron chi connectivity index (χ3n) is 3.98. The van der Waals surface area contributed by atoms with Crippen molar-refractivity contribution in [2.75, 3.05) is 10.6 Å². The average molecular weight is 331 g/mol. The lowest BCUT2D eigenvalue weighted by atomic mass is 10.0. The van der Waals surface area contributed by atoms with E-state index in [2.05, 4.69) is 10.6 Å². The first kappa shape index (κ1) is 15.9. The minimum Gasteiger partial charge on any atom is -0.505 e. The van der Waals surface area contributed by atoms with Crippen molar-refractivity contribution >= 4 is 23.1 Å². The van der Waals surface area contributed by atoms with Gasteiger partial charge in [0, 0.05) is 17.4 Å². The summed E-state index contributed by atoms with van der Waals surface area (Å²) in [5, 5.41) is 22.7. The lowest BCUT2D eigenvalue weighted by molar-refractivity contribution is -0.119. The van der Waals surface area contributed by atoms with E-state index in [9.17, 15) is 18.7 Å². The third kappa shape index (κ3) is 3.05. The second kappa shape index (κ2) is 5.92. The molecule has 1 aliphatic rings. The fraction of sp³-hybridized carbons (Fsp3) is 0.176. The number of halogens is 2. The Morgan fingerprint density at radius 3 is 2.25 bits per heavy atom. The molecule has 2 aromatic carbocycles. The van der Waals surface area contributed by atoms with E-state index < -0.39 is 22.8 Å². The highest BCUT2D eigenvalue weighted by Crippen LogP contribution is 2.47. The predicted molar refractivity (Wildman–Crippen MR) is 86.1 cm³/mol. The van der Waals surface area contributed by atoms with Gasteiger partial charge in [-0.1, -0.05) is 0 Å². The highest BCUT2D eigenvalue weighted by Gasteiger charge is 2.54. The normalized spacial score (nSPS) is 14.8. The van der Waals surface area contributed by atoms with Crippen LogP contribution >= 0.6 is 0 Å². The summed E-state index contributed by atoms with van der Waals surface area (Å²) in [6.07, 6.45) is 0.985. The molecule has 3 rings (SSSR count). The van der Waals surface area contributed by atoms with Crippen LogP contribution in [0.4, 0.5) is 20.2 Å². The van der Waals surface area contributed by atoms with Crippen molar-refractivity contribution < 1.29 is 18.7 Å². The van der Waals surface area contributed by atoms with Gasteiger partial charge in [-0.25, -0.2) is 8.78 Å². The van der Waals surface area contributed by atoms with Gasteiger partial charge in [-0.3, -0.25) is 10.2 Å². The number of benzene rings is 2. The molecule has 0 radical (unpaired) electrons. The van der Waals surface area contributed by atoms with Crippen LogP contribution in [0, 0.1) is 22.5 Å². The molecule has 0 aliphatic heterocycles. The molecular formula is C17H15F2N3O2. The Kier molecular flexibility index (Phi) is 3.92. The Morgan fingerprint density at radius 1 is 1.04 bits per heavy atom. The van der Waals surface area contributed by atoms with Crippen LogP contribution < -0.4 is 10.6 Å². The van der Waals surface area contributed by atoms with Gasteiger partial charge in [0.1, 0.15) is 17.1 Å². The van der Waals surface area contributed by atoms with Crippen molar-refractivity contribution in [3.63, 3.8) is 0 Å². The zero-order valence-corrected chi connectivity index (χ0v) is 12.6. The topological polar surface area (TPSA) is 85.2 Å². The number of carbonyl (C=O) groups excluding carboxylic acids is 1. The van der Waals surface area contributed by atoms with Crippen LogP contribution in [0.3, 0.4) is 0 Å². The van der Waals surface area contributed by atoms with Gasteiger partial charge in [-0.15, -0.1) is 0 Å². The second-order valence-electron chi connectivity index (χ2n) is 5.71. The molecule has 0 atom stereocenters. The largest absolute Gasteiger partial charge is 0.505 e. The van der Waals surface area contributed by atoms with Crippen molar-refractivity contribution in [2.24, 2.45) is 5.41 Å². The number of aromatic hydroxyl groups is 1. The van der Waals surface area contributed by atoms with E-state index in [4.69, 9.17) is 5.41 Å². The first-order valence-electron chi connectivity index (χ1n) is 7.32. The highest BCUT2D eigenvalue weighted by molar-refractivity contribution is 6.18. The Balaban J connectivity index is 1.70. The molecule has 2 aromatic rings. The third-order valence-corrected chi connectivity index (χ3v) is 3.98. The van der Waals surface area contributed by atoms with Crippen LogP contribution in [0.1, 0.15) is 12.8 Å². The summed E-state index contributed by atoms with van der Waals surface area (Å²) in [6.45, 7) is 0. The standard InChI is InChI=1S/C17H15F2N3O2/c18-10-1-3-11(4-2-10)22-16(24)17(7-8-17)15(20)21-12-5-6-14(23)13(19)9-12/h1-6,9,23H,7-8H2,(H2,20,21)(H,22,24). The van der Waals surface area contributed by atoms with Crippen LogP contribution in [0.2, 0.25) is 0 Å². The number of anilines is 2. The molecule has 0 bridgehead atoms. The number of amides is 1. The molecule has 1 fully saturated rings. The van der Waals surface area contributed by atoms with E-state index >= 15 is 0 Å². The van der Waals surface area contributed by atoms with Crippen LogP contribution in [-0.2, 0) is 4.79 Å². The quantitative estimate of drug-likeness (QED) is 0.393. The van der Waals surface area contributed by atoms with Crippen LogP contribution in [-0.4, -0.2) is 16.8 Å². The van der Waals surface area contributed by atoms with E-state index in [1.165, 1.54) is 36.4 Å². The number of hydrogen-bond acceptors (Lipinski definition) is 3. The minimum absolute atomic E-state index is 0.0489. The molecule has 0 unspecified atom stereocenters. The smallest absolute Gasteiger partial charge is 0.238 e. The monoisotopic (exact) mass is 331 g/mol. The number of carbonyl (C=O) groups is 1. The molecular weight excluding hydrogens is 316 g/mol. The number of nitrogens with one attached hydrogen (secondary N) is 3. The van der Waals surface area contributed by atoms with Crippen LogP contribution in [0.5, 0.6) is 5.75 Å². The Hall–Kier alpha value is -2.96. The zero-order valence-electron chi connectivity index (χ0n) is 12.6. The summed E-state index contributed by atoms with van der Waals surface area (Å²) >= 11 is 0. The van der Waals surface area contributed by atoms with E-state index in [0.717, 1.165) is 6.07 Å². The van der Waals surface area contributed by atoms with Crippen molar-refractivity contribution in [2.45, 2.75) is 12.8 Å². The fourth-order valence-electron chi connectivity index (χ4n) is 2.35. The molecule has 24 heavy (non-hydrogen) atoms. The van der Waals surface area contributed by atoms with E-state index in [-0.39, 0.29) is 17.4 Å². The number of hydrogen-bond donors (Lipinski definition) is 4. The Bertz CT molecular complexity index is 802. The molecule has 5 nitrogen and oxygen atoms in total. The molecule has 0 saturated heterocycles. The highest BCUT2D eigenvalue weighted by atomic mass is 19.1. The number of rotatable bonds is 4. The van der Waals surface area contributed by atoms with E-state index in [1.807, 2.05) is 0 Å². The maximum atomic E-state index is 13.4. The lowest BCUT2D eigenvalue weighted by Crippen LogP contribution is -2.35. The maximum Gasteiger partial charge on any atom is 0.238 e. The van der Waals surface area contributed by atoms with Gasteiger partial charge in [0.25, 0.3) is 0 Å². The molecule has 7 heteroatoms. The van der Waals surface area contributed by atoms with Crippen LogP contribution in [0.25, 0.3) is 0 Å².